The molecule has 0 saturated carbocycles. The van der Waals surface area contributed by atoms with Crippen LogP contribution in [0.5, 0.6) is 0 Å². The predicted molar refractivity (Wildman–Crippen MR) is 52.8 cm³/mol. The summed E-state index contributed by atoms with van der Waals surface area (Å²) in [6.45, 7) is 0. The van der Waals surface area contributed by atoms with Crippen LogP contribution >= 0.6 is 20.7 Å². The molecule has 1 rings (SSSR count). The Morgan fingerprint density at radius 3 is 1.83 bits per heavy atom. The molecule has 0 bridgehead atoms. The maximum atomic E-state index is 13.0. The molecule has 18 heavy (non-hydrogen) atoms. The highest BCUT2D eigenvalue weighted by molar-refractivity contribution is 14.2. The molecule has 1 heterocycles. The molecule has 10 heteroatoms. The van der Waals surface area contributed by atoms with Crippen LogP contribution in [-0.2, 0) is 0 Å². The molecule has 0 amide bonds. The Hall–Kier alpha value is -0.810. The largest absolute Gasteiger partial charge is 0.335 e. The SMILES string of the molecule is FC1=IC(F)=C(F)C(C(F)(F)C(F)=C(F)F)=C1F. The van der Waals surface area contributed by atoms with Crippen LogP contribution in [0.3, 0.4) is 0 Å². The van der Waals surface area contributed by atoms with Gasteiger partial charge >= 0.3 is 12.0 Å². The maximum Gasteiger partial charge on any atom is 0.335 e. The van der Waals surface area contributed by atoms with Gasteiger partial charge in [0.15, 0.2) is 19.2 Å². The Labute approximate surface area is 103 Å². The molecule has 0 unspecified atom stereocenters. The highest BCUT2D eigenvalue weighted by Crippen LogP contribution is 2.47. The van der Waals surface area contributed by atoms with E-state index in [0.29, 0.717) is 0 Å². The predicted octanol–water partition coefficient (Wildman–Crippen LogP) is 5.11. The maximum absolute atomic E-state index is 13.0. The number of halogens is 10. The molecular weight excluding hydrogens is 394 g/mol. The van der Waals surface area contributed by atoms with E-state index < -0.39 is 63.4 Å². The van der Waals surface area contributed by atoms with Crippen molar-refractivity contribution >= 4 is 24.5 Å². The molecule has 0 aromatic heterocycles. The van der Waals surface area contributed by atoms with Gasteiger partial charge in [-0.15, -0.1) is 0 Å². The van der Waals surface area contributed by atoms with Crippen LogP contribution in [0.25, 0.3) is 0 Å². The van der Waals surface area contributed by atoms with Crippen LogP contribution in [0.1, 0.15) is 0 Å². The summed E-state index contributed by atoms with van der Waals surface area (Å²) in [6, 6.07) is 0. The number of rotatable bonds is 2. The minimum atomic E-state index is -5.49. The summed E-state index contributed by atoms with van der Waals surface area (Å²) in [6.07, 6.45) is -3.55. The van der Waals surface area contributed by atoms with Crippen molar-refractivity contribution in [2.75, 3.05) is 0 Å². The van der Waals surface area contributed by atoms with E-state index in [4.69, 9.17) is 0 Å². The Morgan fingerprint density at radius 2 is 1.39 bits per heavy atom. The third kappa shape index (κ3) is 2.47. The molecule has 0 aromatic carbocycles. The second-order valence-electron chi connectivity index (χ2n) is 2.77. The second-order valence-corrected chi connectivity index (χ2v) is 5.20. The molecule has 0 radical (unpaired) electrons. The molecule has 0 aromatic rings. The number of allylic oxidation sites excluding steroid dienone is 4. The van der Waals surface area contributed by atoms with Crippen molar-refractivity contribution in [3.8, 4) is 0 Å². The summed E-state index contributed by atoms with van der Waals surface area (Å²) in [7, 11) is 0. The van der Waals surface area contributed by atoms with Crippen LogP contribution in [0.15, 0.2) is 33.0 Å². The van der Waals surface area contributed by atoms with Crippen molar-refractivity contribution in [1.29, 1.82) is 0 Å². The van der Waals surface area contributed by atoms with Crippen LogP contribution < -0.4 is 0 Å². The van der Waals surface area contributed by atoms with Gasteiger partial charge in [0.1, 0.15) is 5.57 Å². The molecule has 102 valence electrons. The smallest absolute Gasteiger partial charge is 0.203 e. The van der Waals surface area contributed by atoms with E-state index in [9.17, 15) is 39.5 Å². The van der Waals surface area contributed by atoms with Crippen LogP contribution in [0.4, 0.5) is 39.5 Å². The van der Waals surface area contributed by atoms with Crippen LogP contribution in [0, 0.1) is 0 Å². The van der Waals surface area contributed by atoms with Gasteiger partial charge < -0.3 is 0 Å². The summed E-state index contributed by atoms with van der Waals surface area (Å²) in [5, 5.41) is 0. The summed E-state index contributed by atoms with van der Waals surface area (Å²) < 4.78 is 109. The lowest BCUT2D eigenvalue weighted by Crippen LogP contribution is -2.25. The minimum absolute atomic E-state index is 2.03. The molecule has 0 N–H and O–H groups in total. The summed E-state index contributed by atoms with van der Waals surface area (Å²) in [5.41, 5.74) is -2.70. The van der Waals surface area contributed by atoms with Crippen molar-refractivity contribution in [1.82, 2.24) is 0 Å². The van der Waals surface area contributed by atoms with Crippen molar-refractivity contribution in [2.24, 2.45) is 0 Å². The molecule has 1 aliphatic rings. The fraction of sp³-hybridized carbons (Fsp3) is 0.125. The third-order valence-electron chi connectivity index (χ3n) is 1.69. The zero-order valence-corrected chi connectivity index (χ0v) is 9.94. The minimum Gasteiger partial charge on any atom is -0.203 e. The molecule has 0 atom stereocenters. The van der Waals surface area contributed by atoms with E-state index in [0.717, 1.165) is 0 Å². The van der Waals surface area contributed by atoms with Gasteiger partial charge in [0, 0.05) is 0 Å². The number of hydrogen-bond acceptors (Lipinski definition) is 0. The van der Waals surface area contributed by atoms with Gasteiger partial charge in [-0.3, -0.25) is 0 Å². The first-order valence-corrected chi connectivity index (χ1v) is 5.99. The van der Waals surface area contributed by atoms with Gasteiger partial charge in [-0.2, -0.15) is 30.7 Å². The lowest BCUT2D eigenvalue weighted by atomic mass is 10.1. The standard InChI is InChI=1S/C8F9I/c9-2-1(3(10)7(15)18-6(2)14)8(16,17)4(11)5(12)13. The zero-order chi connectivity index (χ0) is 14.2. The fourth-order valence-corrected chi connectivity index (χ4v) is 2.37. The number of hydrogen-bond donors (Lipinski definition) is 0. The second kappa shape index (κ2) is 5.05. The Balaban J connectivity index is 3.55. The average Bonchev–Trinajstić information content (AvgIpc) is 2.25. The highest BCUT2D eigenvalue weighted by Gasteiger charge is 2.50. The van der Waals surface area contributed by atoms with Crippen molar-refractivity contribution < 1.29 is 39.5 Å². The molecule has 0 fully saturated rings. The molecule has 0 aliphatic carbocycles. The summed E-state index contributed by atoms with van der Waals surface area (Å²) >= 11 is -2.61. The van der Waals surface area contributed by atoms with E-state index >= 15 is 0 Å². The Kier molecular flexibility index (Phi) is 4.28. The molecule has 1 aliphatic heterocycles. The van der Waals surface area contributed by atoms with Crippen LogP contribution in [0.2, 0.25) is 0 Å². The van der Waals surface area contributed by atoms with Gasteiger partial charge in [-0.1, -0.05) is 0 Å². The first-order chi connectivity index (χ1) is 8.10. The Morgan fingerprint density at radius 1 is 0.889 bits per heavy atom. The average molecular weight is 394 g/mol. The third-order valence-corrected chi connectivity index (χ3v) is 3.59. The van der Waals surface area contributed by atoms with Crippen molar-refractivity contribution in [2.45, 2.75) is 5.92 Å². The molecule has 0 saturated heterocycles. The normalized spacial score (nSPS) is 17.5. The summed E-state index contributed by atoms with van der Waals surface area (Å²) in [4.78, 5) is 0. The number of alkyl halides is 2. The fourth-order valence-electron chi connectivity index (χ4n) is 0.945. The first-order valence-electron chi connectivity index (χ1n) is 3.83. The van der Waals surface area contributed by atoms with Gasteiger partial charge in [0.05, 0.1) is 0 Å². The lowest BCUT2D eigenvalue weighted by molar-refractivity contribution is 0.0457. The van der Waals surface area contributed by atoms with E-state index in [1.165, 1.54) is 0 Å². The van der Waals surface area contributed by atoms with Gasteiger partial charge in [0.2, 0.25) is 5.83 Å². The van der Waals surface area contributed by atoms with Gasteiger partial charge in [-0.05, 0) is 20.7 Å². The van der Waals surface area contributed by atoms with Gasteiger partial charge in [0.25, 0.3) is 0 Å². The van der Waals surface area contributed by atoms with E-state index in [-0.39, 0.29) is 0 Å². The monoisotopic (exact) mass is 394 g/mol. The van der Waals surface area contributed by atoms with E-state index in [2.05, 4.69) is 0 Å². The van der Waals surface area contributed by atoms with E-state index in [1.54, 1.807) is 0 Å². The van der Waals surface area contributed by atoms with Crippen molar-refractivity contribution in [3.05, 3.63) is 33.0 Å². The molecule has 0 nitrogen and oxygen atoms in total. The quantitative estimate of drug-likeness (QED) is 0.451. The lowest BCUT2D eigenvalue weighted by Gasteiger charge is -2.18. The topological polar surface area (TPSA) is 0 Å². The molecular formula is C8F9I. The van der Waals surface area contributed by atoms with E-state index in [1.807, 2.05) is 0 Å². The van der Waals surface area contributed by atoms with Crippen molar-refractivity contribution in [3.63, 3.8) is 0 Å². The highest BCUT2D eigenvalue weighted by atomic mass is 127. The molecule has 0 spiro atoms. The van der Waals surface area contributed by atoms with Crippen LogP contribution in [-0.4, -0.2) is 9.69 Å². The summed E-state index contributed by atoms with van der Waals surface area (Å²) in [5.74, 6) is -14.1. The first kappa shape index (κ1) is 15.2. The Bertz CT molecular complexity index is 507. The van der Waals surface area contributed by atoms with Gasteiger partial charge in [-0.25, -0.2) is 8.78 Å². The zero-order valence-electron chi connectivity index (χ0n) is 7.78.